The maximum absolute atomic E-state index is 10.9. The molecule has 0 rings (SSSR count). The lowest BCUT2D eigenvalue weighted by molar-refractivity contribution is -0.138. The Kier molecular flexibility index (Phi) is 6.42. The second-order valence-corrected chi connectivity index (χ2v) is 2.82. The van der Waals surface area contributed by atoms with Crippen molar-refractivity contribution in [1.82, 2.24) is 0 Å². The average Bonchev–Trinajstić information content (AvgIpc) is 2.10. The van der Waals surface area contributed by atoms with Crippen LogP contribution < -0.4 is 17.2 Å². The molecule has 0 saturated heterocycles. The molecule has 0 unspecified atom stereocenters. The fourth-order valence-corrected chi connectivity index (χ4v) is 0.828. The van der Waals surface area contributed by atoms with Gasteiger partial charge in [-0.25, -0.2) is 0 Å². The Bertz CT molecular complexity index is 231. The van der Waals surface area contributed by atoms with Crippen molar-refractivity contribution in [3.63, 3.8) is 0 Å². The Morgan fingerprint density at radius 3 is 2.53 bits per heavy atom. The Hall–Kier alpha value is -1.32. The zero-order chi connectivity index (χ0) is 11.8. The van der Waals surface area contributed by atoms with Crippen molar-refractivity contribution < 1.29 is 19.5 Å². The molecule has 0 aromatic rings. The van der Waals surface area contributed by atoms with Gasteiger partial charge in [-0.1, -0.05) is 0 Å². The number of hydrogen-bond donors (Lipinski definition) is 5. The fraction of sp³-hybridized carbons (Fsp3) is 0.667. The van der Waals surface area contributed by atoms with Gasteiger partial charge in [-0.15, -0.1) is 0 Å². The lowest BCUT2D eigenvalue weighted by Crippen LogP contribution is -2.36. The molecule has 1 atom stereocenters. The summed E-state index contributed by atoms with van der Waals surface area (Å²) >= 11 is 0. The van der Waals surface area contributed by atoms with E-state index in [1.807, 2.05) is 0 Å². The van der Waals surface area contributed by atoms with Crippen molar-refractivity contribution in [2.24, 2.45) is 22.2 Å². The van der Waals surface area contributed by atoms with Gasteiger partial charge in [-0.3, -0.25) is 9.79 Å². The summed E-state index contributed by atoms with van der Waals surface area (Å²) in [4.78, 5) is 14.6. The van der Waals surface area contributed by atoms with Gasteiger partial charge in [0.15, 0.2) is 5.96 Å². The lowest BCUT2D eigenvalue weighted by atomic mass is 10.1. The van der Waals surface area contributed by atoms with Crippen molar-refractivity contribution in [2.45, 2.75) is 18.9 Å². The highest BCUT2D eigenvalue weighted by Gasteiger charge is 2.21. The molecule has 0 aromatic heterocycles. The number of rotatable bonds is 6. The summed E-state index contributed by atoms with van der Waals surface area (Å²) < 4.78 is 4.05. The minimum Gasteiger partial charge on any atom is -0.484 e. The molecule has 0 bridgehead atoms. The average molecular weight is 218 g/mol. The molecule has 0 saturated carbocycles. The minimum absolute atomic E-state index is 0.0306. The molecule has 0 aliphatic rings. The number of carbonyl (C=O) groups is 1. The van der Waals surface area contributed by atoms with Gasteiger partial charge >= 0.3 is 13.3 Å². The predicted octanol–water partition coefficient (Wildman–Crippen LogP) is -3.12. The molecule has 8 N–H and O–H groups in total. The fourth-order valence-electron chi connectivity index (χ4n) is 0.828. The standard InChI is InChI=1S/C6H15BN4O4/c8-4(5(12)15-7(13)14)2-1-3-11-6(9)10/h4,13-14H,1-3,8H2,(H4,9,10,11)/t4-/m0/s1. The van der Waals surface area contributed by atoms with Crippen LogP contribution in [0.2, 0.25) is 0 Å². The number of hydrogen-bond acceptors (Lipinski definition) is 6. The molecule has 0 spiro atoms. The molecule has 0 heterocycles. The predicted molar refractivity (Wildman–Crippen MR) is 54.2 cm³/mol. The molecule has 0 radical (unpaired) electrons. The van der Waals surface area contributed by atoms with Crippen LogP contribution in [0.3, 0.4) is 0 Å². The molecule has 0 amide bonds. The Morgan fingerprint density at radius 1 is 1.47 bits per heavy atom. The van der Waals surface area contributed by atoms with Gasteiger partial charge in [0.1, 0.15) is 6.04 Å². The molecule has 9 heteroatoms. The molecule has 15 heavy (non-hydrogen) atoms. The van der Waals surface area contributed by atoms with E-state index in [0.717, 1.165) is 0 Å². The molecular formula is C6H15BN4O4. The number of nitrogens with zero attached hydrogens (tertiary/aromatic N) is 1. The van der Waals surface area contributed by atoms with Gasteiger partial charge in [0.2, 0.25) is 0 Å². The minimum atomic E-state index is -2.14. The van der Waals surface area contributed by atoms with E-state index < -0.39 is 19.3 Å². The third-order valence-electron chi connectivity index (χ3n) is 1.49. The summed E-state index contributed by atoms with van der Waals surface area (Å²) in [6.45, 7) is 0.352. The van der Waals surface area contributed by atoms with Crippen LogP contribution in [-0.4, -0.2) is 41.9 Å². The summed E-state index contributed by atoms with van der Waals surface area (Å²) in [5, 5.41) is 16.6. The zero-order valence-corrected chi connectivity index (χ0v) is 8.17. The van der Waals surface area contributed by atoms with E-state index in [0.29, 0.717) is 19.4 Å². The summed E-state index contributed by atoms with van der Waals surface area (Å²) in [6, 6.07) is -0.916. The maximum Gasteiger partial charge on any atom is 0.709 e. The highest BCUT2D eigenvalue weighted by molar-refractivity contribution is 6.35. The number of nitrogens with two attached hydrogens (primary N) is 3. The second-order valence-electron chi connectivity index (χ2n) is 2.82. The van der Waals surface area contributed by atoms with E-state index in [1.54, 1.807) is 0 Å². The zero-order valence-electron chi connectivity index (χ0n) is 8.17. The largest absolute Gasteiger partial charge is 0.709 e. The quantitative estimate of drug-likeness (QED) is 0.136. The van der Waals surface area contributed by atoms with Gasteiger partial charge in [0.25, 0.3) is 0 Å². The van der Waals surface area contributed by atoms with Gasteiger partial charge in [0, 0.05) is 6.54 Å². The molecule has 8 nitrogen and oxygen atoms in total. The van der Waals surface area contributed by atoms with E-state index in [2.05, 4.69) is 9.65 Å². The first-order valence-corrected chi connectivity index (χ1v) is 4.31. The van der Waals surface area contributed by atoms with Gasteiger partial charge in [0.05, 0.1) is 0 Å². The van der Waals surface area contributed by atoms with Crippen LogP contribution in [0.15, 0.2) is 4.99 Å². The molecule has 0 aliphatic carbocycles. The smallest absolute Gasteiger partial charge is 0.484 e. The first-order chi connectivity index (χ1) is 6.93. The van der Waals surface area contributed by atoms with E-state index >= 15 is 0 Å². The van der Waals surface area contributed by atoms with Crippen molar-refractivity contribution in [2.75, 3.05) is 6.54 Å². The van der Waals surface area contributed by atoms with E-state index in [1.165, 1.54) is 0 Å². The summed E-state index contributed by atoms with van der Waals surface area (Å²) in [5.41, 5.74) is 15.5. The van der Waals surface area contributed by atoms with E-state index in [9.17, 15) is 4.79 Å². The van der Waals surface area contributed by atoms with Crippen LogP contribution >= 0.6 is 0 Å². The molecular weight excluding hydrogens is 203 g/mol. The molecule has 86 valence electrons. The number of guanidine groups is 1. The number of carbonyl (C=O) groups excluding carboxylic acids is 1. The van der Waals surface area contributed by atoms with Crippen LogP contribution in [0, 0.1) is 0 Å². The summed E-state index contributed by atoms with van der Waals surface area (Å²) in [7, 11) is -2.14. The first-order valence-electron chi connectivity index (χ1n) is 4.31. The monoisotopic (exact) mass is 218 g/mol. The van der Waals surface area contributed by atoms with Crippen molar-refractivity contribution in [3.05, 3.63) is 0 Å². The SMILES string of the molecule is NC(N)=NCCC[C@H](N)C(=O)OB(O)O. The van der Waals surface area contributed by atoms with Gasteiger partial charge in [-0.05, 0) is 12.8 Å². The Balaban J connectivity index is 3.69. The Labute approximate surface area is 87.3 Å². The lowest BCUT2D eigenvalue weighted by Gasteiger charge is -2.09. The van der Waals surface area contributed by atoms with Gasteiger partial charge in [-0.2, -0.15) is 0 Å². The Morgan fingerprint density at radius 2 is 2.07 bits per heavy atom. The molecule has 0 fully saturated rings. The summed E-state index contributed by atoms with van der Waals surface area (Å²) in [6.07, 6.45) is 0.790. The highest BCUT2D eigenvalue weighted by atomic mass is 16.6. The van der Waals surface area contributed by atoms with Crippen LogP contribution in [-0.2, 0) is 9.45 Å². The van der Waals surface area contributed by atoms with Gasteiger partial charge < -0.3 is 31.9 Å². The van der Waals surface area contributed by atoms with Crippen molar-refractivity contribution in [3.8, 4) is 0 Å². The van der Waals surface area contributed by atoms with E-state index in [-0.39, 0.29) is 5.96 Å². The maximum atomic E-state index is 10.9. The molecule has 0 aliphatic heterocycles. The second kappa shape index (κ2) is 7.04. The number of aliphatic imine (C=N–C) groups is 1. The van der Waals surface area contributed by atoms with Crippen LogP contribution in [0.1, 0.15) is 12.8 Å². The molecule has 0 aromatic carbocycles. The first kappa shape index (κ1) is 13.7. The third-order valence-corrected chi connectivity index (χ3v) is 1.49. The van der Waals surface area contributed by atoms with Crippen molar-refractivity contribution in [1.29, 1.82) is 0 Å². The van der Waals surface area contributed by atoms with Crippen LogP contribution in [0.4, 0.5) is 0 Å². The van der Waals surface area contributed by atoms with Crippen molar-refractivity contribution >= 4 is 19.3 Å². The summed E-state index contributed by atoms with van der Waals surface area (Å²) in [5.74, 6) is -0.911. The normalized spacial score (nSPS) is 11.7. The highest BCUT2D eigenvalue weighted by Crippen LogP contribution is 1.97. The van der Waals surface area contributed by atoms with E-state index in [4.69, 9.17) is 27.2 Å². The third kappa shape index (κ3) is 7.73. The van der Waals surface area contributed by atoms with Crippen LogP contribution in [0.5, 0.6) is 0 Å². The van der Waals surface area contributed by atoms with Crippen LogP contribution in [0.25, 0.3) is 0 Å². The topological polar surface area (TPSA) is 157 Å².